The van der Waals surface area contributed by atoms with E-state index in [1.54, 1.807) is 12.1 Å². The number of phenols is 1. The SMILES string of the molecule is CC(C)CC(NC(=O)C(CO)NC(=O)C(N)Cc1ccc(O)cc1)C(=O)N1CCCC1C(=O)O. The number of hydrogen-bond acceptors (Lipinski definition) is 7. The molecule has 1 heterocycles. The third kappa shape index (κ3) is 7.42. The first-order valence-corrected chi connectivity index (χ1v) is 11.3. The van der Waals surface area contributed by atoms with Gasteiger partial charge in [-0.15, -0.1) is 0 Å². The zero-order valence-corrected chi connectivity index (χ0v) is 19.4. The first-order valence-electron chi connectivity index (χ1n) is 11.3. The number of aliphatic carboxylic acids is 1. The Morgan fingerprint density at radius 3 is 2.26 bits per heavy atom. The highest BCUT2D eigenvalue weighted by molar-refractivity contribution is 5.94. The van der Waals surface area contributed by atoms with Gasteiger partial charge in [0.05, 0.1) is 12.6 Å². The van der Waals surface area contributed by atoms with Crippen LogP contribution < -0.4 is 16.4 Å². The van der Waals surface area contributed by atoms with Crippen LogP contribution in [0, 0.1) is 5.92 Å². The molecular formula is C23H34N4O7. The van der Waals surface area contributed by atoms with Crippen LogP contribution in [-0.4, -0.2) is 81.2 Å². The first-order chi connectivity index (χ1) is 16.0. The summed E-state index contributed by atoms with van der Waals surface area (Å²) in [6.45, 7) is 3.29. The molecule has 7 N–H and O–H groups in total. The fraction of sp³-hybridized carbons (Fsp3) is 0.565. The number of rotatable bonds is 11. The Morgan fingerprint density at radius 2 is 1.71 bits per heavy atom. The lowest BCUT2D eigenvalue weighted by molar-refractivity contribution is -0.149. The van der Waals surface area contributed by atoms with E-state index < -0.39 is 54.5 Å². The molecule has 34 heavy (non-hydrogen) atoms. The van der Waals surface area contributed by atoms with Crippen LogP contribution in [0.5, 0.6) is 5.75 Å². The molecule has 1 fully saturated rings. The minimum absolute atomic E-state index is 0.0148. The van der Waals surface area contributed by atoms with E-state index in [4.69, 9.17) is 5.73 Å². The van der Waals surface area contributed by atoms with Gasteiger partial charge in [-0.3, -0.25) is 14.4 Å². The van der Waals surface area contributed by atoms with Crippen LogP contribution in [0.15, 0.2) is 24.3 Å². The number of hydrogen-bond donors (Lipinski definition) is 6. The fourth-order valence-corrected chi connectivity index (χ4v) is 3.90. The molecular weight excluding hydrogens is 444 g/mol. The van der Waals surface area contributed by atoms with Gasteiger partial charge >= 0.3 is 5.97 Å². The van der Waals surface area contributed by atoms with Gasteiger partial charge in [-0.25, -0.2) is 4.79 Å². The number of aliphatic hydroxyl groups excluding tert-OH is 1. The summed E-state index contributed by atoms with van der Waals surface area (Å²) in [5.74, 6) is -2.94. The molecule has 0 radical (unpaired) electrons. The Balaban J connectivity index is 2.03. The Hall–Kier alpha value is -3.18. The topological polar surface area (TPSA) is 182 Å². The molecule has 4 atom stereocenters. The smallest absolute Gasteiger partial charge is 0.326 e. The van der Waals surface area contributed by atoms with Crippen molar-refractivity contribution in [1.29, 1.82) is 0 Å². The summed E-state index contributed by atoms with van der Waals surface area (Å²) < 4.78 is 0. The zero-order chi connectivity index (χ0) is 25.4. The second-order valence-corrected chi connectivity index (χ2v) is 8.94. The molecule has 0 spiro atoms. The predicted molar refractivity (Wildman–Crippen MR) is 123 cm³/mol. The molecule has 11 nitrogen and oxygen atoms in total. The van der Waals surface area contributed by atoms with Crippen molar-refractivity contribution in [2.45, 2.75) is 63.7 Å². The van der Waals surface area contributed by atoms with E-state index in [2.05, 4.69) is 10.6 Å². The molecule has 188 valence electrons. The van der Waals surface area contributed by atoms with Crippen LogP contribution in [0.1, 0.15) is 38.7 Å². The van der Waals surface area contributed by atoms with Crippen molar-refractivity contribution in [2.24, 2.45) is 11.7 Å². The monoisotopic (exact) mass is 478 g/mol. The molecule has 0 saturated carbocycles. The van der Waals surface area contributed by atoms with Crippen molar-refractivity contribution in [2.75, 3.05) is 13.2 Å². The maximum absolute atomic E-state index is 13.1. The molecule has 0 aliphatic carbocycles. The van der Waals surface area contributed by atoms with Gasteiger partial charge in [0.15, 0.2) is 0 Å². The fourth-order valence-electron chi connectivity index (χ4n) is 3.90. The van der Waals surface area contributed by atoms with Crippen LogP contribution in [0.3, 0.4) is 0 Å². The second-order valence-electron chi connectivity index (χ2n) is 8.94. The molecule has 2 rings (SSSR count). The van der Waals surface area contributed by atoms with E-state index in [1.165, 1.54) is 17.0 Å². The zero-order valence-electron chi connectivity index (χ0n) is 19.4. The van der Waals surface area contributed by atoms with E-state index >= 15 is 0 Å². The number of likely N-dealkylation sites (tertiary alicyclic amines) is 1. The number of aliphatic hydroxyl groups is 1. The summed E-state index contributed by atoms with van der Waals surface area (Å²) in [5, 5.41) is 33.4. The van der Waals surface area contributed by atoms with Crippen molar-refractivity contribution in [1.82, 2.24) is 15.5 Å². The van der Waals surface area contributed by atoms with Crippen LogP contribution in [-0.2, 0) is 25.6 Å². The summed E-state index contributed by atoms with van der Waals surface area (Å²) in [4.78, 5) is 51.1. The number of nitrogens with two attached hydrogens (primary N) is 1. The number of carbonyl (C=O) groups excluding carboxylic acids is 3. The van der Waals surface area contributed by atoms with Crippen LogP contribution >= 0.6 is 0 Å². The molecule has 3 amide bonds. The van der Waals surface area contributed by atoms with E-state index in [0.717, 1.165) is 0 Å². The highest BCUT2D eigenvalue weighted by atomic mass is 16.4. The molecule has 1 aliphatic heterocycles. The molecule has 0 bridgehead atoms. The third-order valence-electron chi connectivity index (χ3n) is 5.69. The number of carboxylic acids is 1. The van der Waals surface area contributed by atoms with E-state index in [0.29, 0.717) is 18.4 Å². The first kappa shape index (κ1) is 27.1. The average molecular weight is 479 g/mol. The van der Waals surface area contributed by atoms with E-state index in [1.807, 2.05) is 13.8 Å². The van der Waals surface area contributed by atoms with Gasteiger partial charge in [0.2, 0.25) is 17.7 Å². The molecule has 11 heteroatoms. The Morgan fingerprint density at radius 1 is 1.09 bits per heavy atom. The normalized spacial score (nSPS) is 18.3. The molecule has 1 aromatic carbocycles. The van der Waals surface area contributed by atoms with Crippen molar-refractivity contribution in [3.05, 3.63) is 29.8 Å². The third-order valence-corrected chi connectivity index (χ3v) is 5.69. The maximum atomic E-state index is 13.1. The van der Waals surface area contributed by atoms with Gasteiger partial charge in [-0.05, 0) is 49.3 Å². The highest BCUT2D eigenvalue weighted by Crippen LogP contribution is 2.20. The summed E-state index contributed by atoms with van der Waals surface area (Å²) in [6, 6.07) is 1.87. The van der Waals surface area contributed by atoms with Gasteiger partial charge in [-0.2, -0.15) is 0 Å². The second kappa shape index (κ2) is 12.3. The number of carbonyl (C=O) groups is 4. The van der Waals surface area contributed by atoms with Crippen molar-refractivity contribution in [3.8, 4) is 5.75 Å². The quantitative estimate of drug-likeness (QED) is 0.242. The van der Waals surface area contributed by atoms with Crippen molar-refractivity contribution >= 4 is 23.7 Å². The summed E-state index contributed by atoms with van der Waals surface area (Å²) >= 11 is 0. The Labute approximate surface area is 198 Å². The minimum Gasteiger partial charge on any atom is -0.508 e. The van der Waals surface area contributed by atoms with E-state index in [9.17, 15) is 34.5 Å². The number of nitrogens with one attached hydrogen (secondary N) is 2. The standard InChI is InChI=1S/C23H34N4O7/c1-13(2)10-17(22(32)27-9-3-4-19(27)23(33)34)25-21(31)18(12-28)26-20(30)16(24)11-14-5-7-15(29)8-6-14/h5-8,13,16-19,28-29H,3-4,9-12,24H2,1-2H3,(H,25,31)(H,26,30)(H,33,34). The van der Waals surface area contributed by atoms with Crippen LogP contribution in [0.25, 0.3) is 0 Å². The number of amides is 3. The van der Waals surface area contributed by atoms with Crippen molar-refractivity contribution < 1.29 is 34.5 Å². The lowest BCUT2D eigenvalue weighted by atomic mass is 10.0. The van der Waals surface area contributed by atoms with Gasteiger partial charge in [-0.1, -0.05) is 26.0 Å². The molecule has 4 unspecified atom stereocenters. The van der Waals surface area contributed by atoms with Gasteiger partial charge in [0.25, 0.3) is 0 Å². The summed E-state index contributed by atoms with van der Waals surface area (Å²) in [5.41, 5.74) is 6.63. The molecule has 0 aromatic heterocycles. The molecule has 1 aromatic rings. The highest BCUT2D eigenvalue weighted by Gasteiger charge is 2.38. The number of aromatic hydroxyl groups is 1. The Kier molecular flexibility index (Phi) is 9.82. The Bertz CT molecular complexity index is 875. The number of phenolic OH excluding ortho intramolecular Hbond substituents is 1. The predicted octanol–water partition coefficient (Wildman–Crippen LogP) is -0.654. The molecule has 1 aliphatic rings. The maximum Gasteiger partial charge on any atom is 0.326 e. The van der Waals surface area contributed by atoms with Crippen LogP contribution in [0.4, 0.5) is 0 Å². The minimum atomic E-state index is -1.34. The number of nitrogens with zero attached hydrogens (tertiary/aromatic N) is 1. The lowest BCUT2D eigenvalue weighted by Gasteiger charge is -2.29. The number of benzene rings is 1. The largest absolute Gasteiger partial charge is 0.508 e. The van der Waals surface area contributed by atoms with Crippen molar-refractivity contribution in [3.63, 3.8) is 0 Å². The van der Waals surface area contributed by atoms with Gasteiger partial charge in [0.1, 0.15) is 23.9 Å². The lowest BCUT2D eigenvalue weighted by Crippen LogP contribution is -2.58. The van der Waals surface area contributed by atoms with Gasteiger partial charge < -0.3 is 36.6 Å². The van der Waals surface area contributed by atoms with E-state index in [-0.39, 0.29) is 31.1 Å². The van der Waals surface area contributed by atoms with Gasteiger partial charge in [0, 0.05) is 6.54 Å². The average Bonchev–Trinajstić information content (AvgIpc) is 3.27. The molecule has 1 saturated heterocycles. The number of carboxylic acid groups (broad SMARTS) is 1. The summed E-state index contributed by atoms with van der Waals surface area (Å²) in [6.07, 6.45) is 1.31. The summed E-state index contributed by atoms with van der Waals surface area (Å²) in [7, 11) is 0. The van der Waals surface area contributed by atoms with Crippen LogP contribution in [0.2, 0.25) is 0 Å².